The zero-order valence-corrected chi connectivity index (χ0v) is 15.6. The summed E-state index contributed by atoms with van der Waals surface area (Å²) < 4.78 is 0. The second-order valence-electron chi connectivity index (χ2n) is 9.55. The van der Waals surface area contributed by atoms with Crippen molar-refractivity contribution in [3.63, 3.8) is 0 Å². The molecule has 0 aromatic heterocycles. The molecule has 4 rings (SSSR count). The van der Waals surface area contributed by atoms with Gasteiger partial charge in [-0.3, -0.25) is 9.59 Å². The number of carbonyl (C=O) groups excluding carboxylic acids is 2. The van der Waals surface area contributed by atoms with Crippen LogP contribution < -0.4 is 0 Å². The van der Waals surface area contributed by atoms with E-state index in [0.29, 0.717) is 30.1 Å². The predicted octanol–water partition coefficient (Wildman–Crippen LogP) is 5.11. The van der Waals surface area contributed by atoms with E-state index in [-0.39, 0.29) is 17.0 Å². The van der Waals surface area contributed by atoms with Crippen LogP contribution in [0.15, 0.2) is 11.6 Å². The van der Waals surface area contributed by atoms with Crippen molar-refractivity contribution in [2.75, 3.05) is 0 Å². The number of fused-ring (bicyclic) bond motifs is 5. The van der Waals surface area contributed by atoms with Gasteiger partial charge in [0, 0.05) is 18.4 Å². The average Bonchev–Trinajstić information content (AvgIpc) is 2.87. The summed E-state index contributed by atoms with van der Waals surface area (Å²) in [7, 11) is 0. The molecule has 0 aliphatic heterocycles. The van der Waals surface area contributed by atoms with Crippen molar-refractivity contribution in [1.29, 1.82) is 0 Å². The van der Waals surface area contributed by atoms with Crippen LogP contribution in [0, 0.1) is 34.5 Å². The number of allylic oxidation sites excluding steroid dienone is 1. The van der Waals surface area contributed by atoms with Crippen LogP contribution in [0.2, 0.25) is 0 Å². The van der Waals surface area contributed by atoms with Gasteiger partial charge in [0.1, 0.15) is 0 Å². The first-order valence-electron chi connectivity index (χ1n) is 10.2. The van der Waals surface area contributed by atoms with Gasteiger partial charge in [-0.25, -0.2) is 0 Å². The van der Waals surface area contributed by atoms with E-state index in [9.17, 15) is 9.59 Å². The number of ketones is 2. The fourth-order valence-electron chi connectivity index (χ4n) is 7.32. The van der Waals surface area contributed by atoms with E-state index in [4.69, 9.17) is 0 Å². The molecule has 0 bridgehead atoms. The molecule has 0 heterocycles. The van der Waals surface area contributed by atoms with Crippen molar-refractivity contribution in [3.8, 4) is 0 Å². The zero-order chi connectivity index (χ0) is 17.1. The molecule has 0 saturated heterocycles. The molecular formula is C22H32O2. The molecule has 0 N–H and O–H groups in total. The Bertz CT molecular complexity index is 603. The summed E-state index contributed by atoms with van der Waals surface area (Å²) in [6.45, 7) is 7.13. The normalized spacial score (nSPS) is 47.7. The minimum Gasteiger partial charge on any atom is -0.295 e. The van der Waals surface area contributed by atoms with Gasteiger partial charge in [-0.05, 0) is 72.7 Å². The molecule has 0 aromatic rings. The zero-order valence-electron chi connectivity index (χ0n) is 15.6. The molecule has 6 atom stereocenters. The Balaban J connectivity index is 1.68. The lowest BCUT2D eigenvalue weighted by Crippen LogP contribution is -2.52. The van der Waals surface area contributed by atoms with Gasteiger partial charge in [-0.2, -0.15) is 0 Å². The van der Waals surface area contributed by atoms with Crippen molar-refractivity contribution >= 4 is 11.6 Å². The maximum Gasteiger partial charge on any atom is 0.159 e. The molecule has 2 heteroatoms. The third kappa shape index (κ3) is 2.14. The van der Waals surface area contributed by atoms with E-state index in [1.54, 1.807) is 6.08 Å². The molecule has 3 fully saturated rings. The second kappa shape index (κ2) is 5.54. The van der Waals surface area contributed by atoms with E-state index in [1.165, 1.54) is 38.5 Å². The Morgan fingerprint density at radius 1 is 1.08 bits per heavy atom. The number of hydrogen-bond acceptors (Lipinski definition) is 2. The highest BCUT2D eigenvalue weighted by Gasteiger charge is 2.60. The fourth-order valence-corrected chi connectivity index (χ4v) is 7.32. The summed E-state index contributed by atoms with van der Waals surface area (Å²) in [5, 5.41) is 0. The van der Waals surface area contributed by atoms with Gasteiger partial charge in [0.05, 0.1) is 0 Å². The molecule has 132 valence electrons. The smallest absolute Gasteiger partial charge is 0.159 e. The highest BCUT2D eigenvalue weighted by molar-refractivity contribution is 6.05. The number of Topliss-reactive ketones (excluding diaryl/α,β-unsaturated/α-hetero) is 1. The largest absolute Gasteiger partial charge is 0.295 e. The summed E-state index contributed by atoms with van der Waals surface area (Å²) in [5.41, 5.74) is 1.31. The molecule has 2 nitrogen and oxygen atoms in total. The van der Waals surface area contributed by atoms with Crippen LogP contribution in [-0.4, -0.2) is 11.6 Å². The first-order valence-corrected chi connectivity index (χ1v) is 10.2. The third-order valence-electron chi connectivity index (χ3n) is 8.62. The quantitative estimate of drug-likeness (QED) is 0.705. The molecule has 0 aromatic carbocycles. The van der Waals surface area contributed by atoms with E-state index in [1.807, 2.05) is 0 Å². The Hall–Kier alpha value is -0.920. The van der Waals surface area contributed by atoms with Crippen LogP contribution >= 0.6 is 0 Å². The van der Waals surface area contributed by atoms with Crippen LogP contribution in [0.5, 0.6) is 0 Å². The summed E-state index contributed by atoms with van der Waals surface area (Å²) in [4.78, 5) is 24.8. The molecule has 4 aliphatic carbocycles. The van der Waals surface area contributed by atoms with Crippen LogP contribution in [0.4, 0.5) is 0 Å². The highest BCUT2D eigenvalue weighted by atomic mass is 16.1. The Kier molecular flexibility index (Phi) is 3.82. The van der Waals surface area contributed by atoms with E-state index in [0.717, 1.165) is 23.8 Å². The SMILES string of the molecule is CCC[C@@H]1CC[C@H]2[C@@H]3CC(=O)C4=CC(=O)CC[C@]4(C)[C@H]3CC[C@]12C. The first kappa shape index (κ1) is 16.5. The topological polar surface area (TPSA) is 34.1 Å². The summed E-state index contributed by atoms with van der Waals surface area (Å²) >= 11 is 0. The summed E-state index contributed by atoms with van der Waals surface area (Å²) in [6.07, 6.45) is 11.9. The second-order valence-corrected chi connectivity index (χ2v) is 9.55. The minimum atomic E-state index is -0.0297. The highest BCUT2D eigenvalue weighted by Crippen LogP contribution is 2.66. The molecule has 0 unspecified atom stereocenters. The maximum absolute atomic E-state index is 12.9. The van der Waals surface area contributed by atoms with Gasteiger partial charge in [0.25, 0.3) is 0 Å². The van der Waals surface area contributed by atoms with Crippen molar-refractivity contribution in [1.82, 2.24) is 0 Å². The van der Waals surface area contributed by atoms with E-state index < -0.39 is 0 Å². The monoisotopic (exact) mass is 328 g/mol. The van der Waals surface area contributed by atoms with Gasteiger partial charge in [0.15, 0.2) is 11.6 Å². The molecule has 0 amide bonds. The summed E-state index contributed by atoms with van der Waals surface area (Å²) in [6, 6.07) is 0. The molecule has 0 radical (unpaired) electrons. The van der Waals surface area contributed by atoms with Crippen molar-refractivity contribution in [3.05, 3.63) is 11.6 Å². The van der Waals surface area contributed by atoms with Gasteiger partial charge in [0.2, 0.25) is 0 Å². The molecule has 3 saturated carbocycles. The van der Waals surface area contributed by atoms with Crippen LogP contribution in [0.3, 0.4) is 0 Å². The lowest BCUT2D eigenvalue weighted by atomic mass is 9.46. The standard InChI is InChI=1S/C22H32O2/c1-4-5-14-6-7-17-16-13-20(24)19-12-15(23)8-10-22(19,3)18(16)9-11-21(14,17)2/h12,14,16-18H,4-11,13H2,1-3H3/t14-,16+,17+,18+,21-,22-/m1/s1. The first-order chi connectivity index (χ1) is 11.4. The van der Waals surface area contributed by atoms with Gasteiger partial charge in [-0.15, -0.1) is 0 Å². The average molecular weight is 328 g/mol. The van der Waals surface area contributed by atoms with Crippen molar-refractivity contribution in [2.45, 2.75) is 78.6 Å². The number of rotatable bonds is 2. The molecule has 0 spiro atoms. The van der Waals surface area contributed by atoms with E-state index >= 15 is 0 Å². The van der Waals surface area contributed by atoms with Gasteiger partial charge in [-0.1, -0.05) is 33.6 Å². The lowest BCUT2D eigenvalue weighted by Gasteiger charge is -2.57. The maximum atomic E-state index is 12.9. The Morgan fingerprint density at radius 2 is 1.88 bits per heavy atom. The van der Waals surface area contributed by atoms with Crippen LogP contribution in [0.1, 0.15) is 78.6 Å². The lowest BCUT2D eigenvalue weighted by molar-refractivity contribution is -0.131. The van der Waals surface area contributed by atoms with Gasteiger partial charge >= 0.3 is 0 Å². The molecule has 4 aliphatic rings. The summed E-state index contributed by atoms with van der Waals surface area (Å²) in [5.74, 6) is 3.23. The third-order valence-corrected chi connectivity index (χ3v) is 8.62. The molecular weight excluding hydrogens is 296 g/mol. The fraction of sp³-hybridized carbons (Fsp3) is 0.818. The van der Waals surface area contributed by atoms with Gasteiger partial charge < -0.3 is 0 Å². The molecule has 24 heavy (non-hydrogen) atoms. The minimum absolute atomic E-state index is 0.0297. The predicted molar refractivity (Wildman–Crippen MR) is 95.5 cm³/mol. The van der Waals surface area contributed by atoms with Crippen LogP contribution in [0.25, 0.3) is 0 Å². The van der Waals surface area contributed by atoms with Crippen molar-refractivity contribution < 1.29 is 9.59 Å². The van der Waals surface area contributed by atoms with Crippen molar-refractivity contribution in [2.24, 2.45) is 34.5 Å². The number of carbonyl (C=O) groups is 2. The number of hydrogen-bond donors (Lipinski definition) is 0. The van der Waals surface area contributed by atoms with E-state index in [2.05, 4.69) is 20.8 Å². The Morgan fingerprint density at radius 3 is 2.62 bits per heavy atom. The Labute approximate surface area is 146 Å². The van der Waals surface area contributed by atoms with Crippen LogP contribution in [-0.2, 0) is 9.59 Å².